The van der Waals surface area contributed by atoms with Gasteiger partial charge in [-0.1, -0.05) is 72.8 Å². The van der Waals surface area contributed by atoms with E-state index in [-0.39, 0.29) is 24.7 Å². The zero-order valence-corrected chi connectivity index (χ0v) is 22.5. The summed E-state index contributed by atoms with van der Waals surface area (Å²) in [6, 6.07) is 28.8. The van der Waals surface area contributed by atoms with Crippen molar-refractivity contribution in [1.82, 2.24) is 9.97 Å². The predicted molar refractivity (Wildman–Crippen MR) is 161 cm³/mol. The van der Waals surface area contributed by atoms with E-state index < -0.39 is 0 Å². The SMILES string of the molecule is O=C(CCCC(=O)Nc1nc(-c2ccc3ccccc3c2)cs1)Nc1nc(-c2ccc3ccccc3c2)cs1. The second-order valence-electron chi connectivity index (χ2n) is 9.15. The third kappa shape index (κ3) is 5.87. The molecule has 2 heterocycles. The number of thiazole rings is 2. The molecule has 39 heavy (non-hydrogen) atoms. The van der Waals surface area contributed by atoms with Crippen LogP contribution in [-0.2, 0) is 9.59 Å². The minimum absolute atomic E-state index is 0.157. The molecule has 0 aliphatic rings. The number of rotatable bonds is 8. The smallest absolute Gasteiger partial charge is 0.226 e. The maximum Gasteiger partial charge on any atom is 0.226 e. The van der Waals surface area contributed by atoms with Crippen LogP contribution in [0.4, 0.5) is 10.3 Å². The second-order valence-corrected chi connectivity index (χ2v) is 10.9. The molecule has 0 saturated heterocycles. The van der Waals surface area contributed by atoms with Crippen molar-refractivity contribution in [3.05, 3.63) is 95.7 Å². The molecule has 2 aromatic heterocycles. The number of nitrogens with zero attached hydrogens (tertiary/aromatic N) is 2. The number of fused-ring (bicyclic) bond motifs is 2. The summed E-state index contributed by atoms with van der Waals surface area (Å²) in [5, 5.41) is 15.3. The van der Waals surface area contributed by atoms with Crippen LogP contribution in [0.25, 0.3) is 44.1 Å². The van der Waals surface area contributed by atoms with Gasteiger partial charge in [0.05, 0.1) is 11.4 Å². The maximum atomic E-state index is 12.4. The minimum Gasteiger partial charge on any atom is -0.302 e. The van der Waals surface area contributed by atoms with Gasteiger partial charge in [0.15, 0.2) is 10.3 Å². The largest absolute Gasteiger partial charge is 0.302 e. The Morgan fingerprint density at radius 3 is 1.49 bits per heavy atom. The van der Waals surface area contributed by atoms with Gasteiger partial charge in [0, 0.05) is 34.7 Å². The molecule has 4 aromatic carbocycles. The van der Waals surface area contributed by atoms with Crippen LogP contribution in [0.3, 0.4) is 0 Å². The molecule has 8 heteroatoms. The molecule has 2 N–H and O–H groups in total. The van der Waals surface area contributed by atoms with E-state index in [1.165, 1.54) is 33.4 Å². The molecule has 0 atom stereocenters. The van der Waals surface area contributed by atoms with Crippen molar-refractivity contribution < 1.29 is 9.59 Å². The third-order valence-corrected chi connectivity index (χ3v) is 7.91. The Kier molecular flexibility index (Phi) is 7.12. The third-order valence-electron chi connectivity index (χ3n) is 6.40. The van der Waals surface area contributed by atoms with Crippen molar-refractivity contribution >= 4 is 66.3 Å². The highest BCUT2D eigenvalue weighted by Gasteiger charge is 2.12. The molecule has 6 nitrogen and oxygen atoms in total. The number of carbonyl (C=O) groups is 2. The van der Waals surface area contributed by atoms with E-state index in [0.717, 1.165) is 33.3 Å². The molecule has 0 aliphatic heterocycles. The zero-order valence-electron chi connectivity index (χ0n) is 20.9. The quantitative estimate of drug-likeness (QED) is 0.202. The molecule has 0 fully saturated rings. The number of hydrogen-bond acceptors (Lipinski definition) is 6. The second kappa shape index (κ2) is 11.1. The van der Waals surface area contributed by atoms with Crippen LogP contribution in [0.5, 0.6) is 0 Å². The fraction of sp³-hybridized carbons (Fsp3) is 0.0968. The van der Waals surface area contributed by atoms with E-state index in [4.69, 9.17) is 0 Å². The molecule has 0 spiro atoms. The first kappa shape index (κ1) is 24.9. The summed E-state index contributed by atoms with van der Waals surface area (Å²) in [7, 11) is 0. The molecule has 2 amide bonds. The summed E-state index contributed by atoms with van der Waals surface area (Å²) < 4.78 is 0. The molecule has 6 aromatic rings. The van der Waals surface area contributed by atoms with Crippen LogP contribution in [0.2, 0.25) is 0 Å². The summed E-state index contributed by atoms with van der Waals surface area (Å²) in [5.74, 6) is -0.315. The maximum absolute atomic E-state index is 12.4. The van der Waals surface area contributed by atoms with Gasteiger partial charge in [-0.2, -0.15) is 0 Å². The predicted octanol–water partition coefficient (Wildman–Crippen LogP) is 7.99. The summed E-state index contributed by atoms with van der Waals surface area (Å²) in [4.78, 5) is 34.0. The fourth-order valence-electron chi connectivity index (χ4n) is 4.40. The van der Waals surface area contributed by atoms with Crippen LogP contribution in [-0.4, -0.2) is 21.8 Å². The van der Waals surface area contributed by atoms with Crippen molar-refractivity contribution in [2.75, 3.05) is 10.6 Å². The first-order valence-corrected chi connectivity index (χ1v) is 14.4. The van der Waals surface area contributed by atoms with Crippen LogP contribution in [0, 0.1) is 0 Å². The van der Waals surface area contributed by atoms with Crippen LogP contribution >= 0.6 is 22.7 Å². The Balaban J connectivity index is 0.983. The van der Waals surface area contributed by atoms with Crippen molar-refractivity contribution in [1.29, 1.82) is 0 Å². The fourth-order valence-corrected chi connectivity index (χ4v) is 5.87. The van der Waals surface area contributed by atoms with Crippen LogP contribution in [0.1, 0.15) is 19.3 Å². The first-order chi connectivity index (χ1) is 19.1. The van der Waals surface area contributed by atoms with E-state index in [2.05, 4.69) is 69.1 Å². The van der Waals surface area contributed by atoms with Crippen molar-refractivity contribution in [3.8, 4) is 22.5 Å². The molecule has 0 aliphatic carbocycles. The van der Waals surface area contributed by atoms with Crippen molar-refractivity contribution in [2.45, 2.75) is 19.3 Å². The Bertz CT molecular complexity index is 1680. The Morgan fingerprint density at radius 2 is 1.03 bits per heavy atom. The van der Waals surface area contributed by atoms with Gasteiger partial charge in [-0.05, 0) is 40.1 Å². The molecule has 0 radical (unpaired) electrons. The summed E-state index contributed by atoms with van der Waals surface area (Å²) in [6.07, 6.45) is 0.903. The molecule has 0 bridgehead atoms. The number of carbonyl (C=O) groups excluding carboxylic acids is 2. The average Bonchev–Trinajstić information content (AvgIpc) is 3.62. The highest BCUT2D eigenvalue weighted by atomic mass is 32.1. The lowest BCUT2D eigenvalue weighted by Crippen LogP contribution is -2.14. The first-order valence-electron chi connectivity index (χ1n) is 12.6. The normalized spacial score (nSPS) is 11.1. The van der Waals surface area contributed by atoms with E-state index >= 15 is 0 Å². The van der Waals surface area contributed by atoms with Gasteiger partial charge >= 0.3 is 0 Å². The van der Waals surface area contributed by atoms with Crippen LogP contribution < -0.4 is 10.6 Å². The van der Waals surface area contributed by atoms with Gasteiger partial charge in [-0.3, -0.25) is 9.59 Å². The number of hydrogen-bond donors (Lipinski definition) is 2. The van der Waals surface area contributed by atoms with E-state index in [0.29, 0.717) is 16.7 Å². The number of nitrogens with one attached hydrogen (secondary N) is 2. The molecular formula is C31H24N4O2S2. The zero-order chi connectivity index (χ0) is 26.6. The van der Waals surface area contributed by atoms with Gasteiger partial charge in [0.25, 0.3) is 0 Å². The molecule has 6 rings (SSSR count). The lowest BCUT2D eigenvalue weighted by molar-refractivity contribution is -0.117. The molecule has 0 unspecified atom stereocenters. The van der Waals surface area contributed by atoms with E-state index in [1.807, 2.05) is 47.2 Å². The summed E-state index contributed by atoms with van der Waals surface area (Å²) in [5.41, 5.74) is 3.67. The van der Waals surface area contributed by atoms with Crippen LogP contribution in [0.15, 0.2) is 95.7 Å². The molecule has 192 valence electrons. The van der Waals surface area contributed by atoms with Crippen molar-refractivity contribution in [3.63, 3.8) is 0 Å². The summed E-state index contributed by atoms with van der Waals surface area (Å²) in [6.45, 7) is 0. The monoisotopic (exact) mass is 548 g/mol. The van der Waals surface area contributed by atoms with Gasteiger partial charge < -0.3 is 10.6 Å². The highest BCUT2D eigenvalue weighted by molar-refractivity contribution is 7.14. The highest BCUT2D eigenvalue weighted by Crippen LogP contribution is 2.29. The van der Waals surface area contributed by atoms with Gasteiger partial charge in [-0.25, -0.2) is 9.97 Å². The lowest BCUT2D eigenvalue weighted by Gasteiger charge is -2.03. The standard InChI is InChI=1S/C31H24N4O2S2/c36-28(34-30-32-26(18-38-30)24-14-12-20-6-1-3-8-22(20)16-24)10-5-11-29(37)35-31-33-27(19-39-31)25-15-13-21-7-2-4-9-23(21)17-25/h1-4,6-9,12-19H,5,10-11H2,(H,32,34,36)(H,33,35,37). The Hall–Kier alpha value is -4.40. The topological polar surface area (TPSA) is 84.0 Å². The Morgan fingerprint density at radius 1 is 0.590 bits per heavy atom. The van der Waals surface area contributed by atoms with Gasteiger partial charge in [0.2, 0.25) is 11.8 Å². The Labute approximate surface area is 233 Å². The molecule has 0 saturated carbocycles. The van der Waals surface area contributed by atoms with Gasteiger partial charge in [0.1, 0.15) is 0 Å². The van der Waals surface area contributed by atoms with Gasteiger partial charge in [-0.15, -0.1) is 22.7 Å². The number of benzene rings is 4. The van der Waals surface area contributed by atoms with E-state index in [1.54, 1.807) is 0 Å². The van der Waals surface area contributed by atoms with Crippen molar-refractivity contribution in [2.24, 2.45) is 0 Å². The summed E-state index contributed by atoms with van der Waals surface area (Å²) >= 11 is 2.78. The number of amides is 2. The molecular weight excluding hydrogens is 525 g/mol. The number of anilines is 2. The lowest BCUT2D eigenvalue weighted by atomic mass is 10.1. The average molecular weight is 549 g/mol. The minimum atomic E-state index is -0.157. The number of aromatic nitrogens is 2. The van der Waals surface area contributed by atoms with E-state index in [9.17, 15) is 9.59 Å².